The average Bonchev–Trinajstić information content (AvgIpc) is 2.07. The second-order valence-corrected chi connectivity index (χ2v) is 3.94. The first-order valence-electron chi connectivity index (χ1n) is 3.78. The van der Waals surface area contributed by atoms with Crippen LogP contribution in [0.3, 0.4) is 0 Å². The standard InChI is InChI=1S/C8H13NOS/c1-2-3-7(10)8-6-9-4-5-11-8/h1,7-10H,3-6H2. The molecule has 1 fully saturated rings. The lowest BCUT2D eigenvalue weighted by Crippen LogP contribution is -2.39. The maximum atomic E-state index is 9.47. The van der Waals surface area contributed by atoms with Crippen LogP contribution < -0.4 is 5.32 Å². The molecule has 1 heterocycles. The zero-order chi connectivity index (χ0) is 8.10. The largest absolute Gasteiger partial charge is 0.391 e. The van der Waals surface area contributed by atoms with Gasteiger partial charge in [-0.15, -0.1) is 12.3 Å². The van der Waals surface area contributed by atoms with E-state index in [1.807, 2.05) is 0 Å². The zero-order valence-corrected chi connectivity index (χ0v) is 7.23. The topological polar surface area (TPSA) is 32.3 Å². The molecule has 1 rings (SSSR count). The Hall–Kier alpha value is -0.170. The molecule has 2 N–H and O–H groups in total. The second-order valence-electron chi connectivity index (χ2n) is 2.59. The molecular weight excluding hydrogens is 158 g/mol. The van der Waals surface area contributed by atoms with Crippen LogP contribution in [0.5, 0.6) is 0 Å². The van der Waals surface area contributed by atoms with Gasteiger partial charge in [-0.3, -0.25) is 0 Å². The van der Waals surface area contributed by atoms with Crippen molar-refractivity contribution in [2.24, 2.45) is 0 Å². The van der Waals surface area contributed by atoms with Crippen molar-refractivity contribution in [3.05, 3.63) is 0 Å². The third-order valence-corrected chi connectivity index (χ3v) is 3.06. The number of nitrogens with one attached hydrogen (secondary N) is 1. The van der Waals surface area contributed by atoms with E-state index < -0.39 is 0 Å². The summed E-state index contributed by atoms with van der Waals surface area (Å²) in [6.45, 7) is 1.93. The van der Waals surface area contributed by atoms with E-state index in [0.29, 0.717) is 11.7 Å². The Morgan fingerprint density at radius 3 is 3.18 bits per heavy atom. The molecular formula is C8H13NOS. The minimum atomic E-state index is -0.335. The first-order chi connectivity index (χ1) is 5.34. The summed E-state index contributed by atoms with van der Waals surface area (Å²) in [4.78, 5) is 0. The molecule has 0 amide bonds. The van der Waals surface area contributed by atoms with E-state index in [-0.39, 0.29) is 6.10 Å². The minimum Gasteiger partial charge on any atom is -0.391 e. The SMILES string of the molecule is C#CCC(O)C1CNCCS1. The molecule has 0 aliphatic carbocycles. The number of aliphatic hydroxyl groups is 1. The molecule has 0 radical (unpaired) electrons. The van der Waals surface area contributed by atoms with Gasteiger partial charge in [-0.05, 0) is 0 Å². The number of terminal acetylenes is 1. The van der Waals surface area contributed by atoms with Crippen LogP contribution in [-0.2, 0) is 0 Å². The predicted molar refractivity (Wildman–Crippen MR) is 48.6 cm³/mol. The van der Waals surface area contributed by atoms with Crippen molar-refractivity contribution in [2.75, 3.05) is 18.8 Å². The normalized spacial score (nSPS) is 27.5. The van der Waals surface area contributed by atoms with Crippen LogP contribution in [0.15, 0.2) is 0 Å². The molecule has 0 spiro atoms. The molecule has 0 aromatic carbocycles. The fraction of sp³-hybridized carbons (Fsp3) is 0.750. The molecule has 1 aliphatic heterocycles. The van der Waals surface area contributed by atoms with Gasteiger partial charge in [0, 0.05) is 30.5 Å². The van der Waals surface area contributed by atoms with Crippen LogP contribution in [0, 0.1) is 12.3 Å². The summed E-state index contributed by atoms with van der Waals surface area (Å²) in [5.74, 6) is 3.55. The van der Waals surface area contributed by atoms with Gasteiger partial charge in [0.1, 0.15) is 0 Å². The van der Waals surface area contributed by atoms with Gasteiger partial charge in [0.25, 0.3) is 0 Å². The highest BCUT2D eigenvalue weighted by Gasteiger charge is 2.20. The molecule has 1 saturated heterocycles. The summed E-state index contributed by atoms with van der Waals surface area (Å²) in [5, 5.41) is 13.0. The summed E-state index contributed by atoms with van der Waals surface area (Å²) in [6.07, 6.45) is 5.23. The van der Waals surface area contributed by atoms with Crippen LogP contribution in [0.1, 0.15) is 6.42 Å². The monoisotopic (exact) mass is 171 g/mol. The molecule has 0 aromatic heterocycles. The summed E-state index contributed by atoms with van der Waals surface area (Å²) in [7, 11) is 0. The van der Waals surface area contributed by atoms with Crippen LogP contribution in [0.25, 0.3) is 0 Å². The van der Waals surface area contributed by atoms with Crippen LogP contribution in [-0.4, -0.2) is 35.3 Å². The number of hydrogen-bond donors (Lipinski definition) is 2. The molecule has 11 heavy (non-hydrogen) atoms. The Kier molecular flexibility index (Phi) is 3.78. The first-order valence-corrected chi connectivity index (χ1v) is 4.83. The first kappa shape index (κ1) is 8.92. The maximum absolute atomic E-state index is 9.47. The van der Waals surface area contributed by atoms with Crippen molar-refractivity contribution in [3.8, 4) is 12.3 Å². The van der Waals surface area contributed by atoms with Crippen LogP contribution in [0.4, 0.5) is 0 Å². The highest BCUT2D eigenvalue weighted by atomic mass is 32.2. The zero-order valence-electron chi connectivity index (χ0n) is 6.42. The Balaban J connectivity index is 2.27. The van der Waals surface area contributed by atoms with Gasteiger partial charge >= 0.3 is 0 Å². The number of rotatable bonds is 2. The van der Waals surface area contributed by atoms with E-state index in [1.165, 1.54) is 0 Å². The van der Waals surface area contributed by atoms with Gasteiger partial charge in [-0.1, -0.05) is 0 Å². The lowest BCUT2D eigenvalue weighted by molar-refractivity contribution is 0.174. The van der Waals surface area contributed by atoms with Crippen molar-refractivity contribution < 1.29 is 5.11 Å². The number of aliphatic hydroxyl groups excluding tert-OH is 1. The summed E-state index contributed by atoms with van der Waals surface area (Å²) in [5.41, 5.74) is 0. The Morgan fingerprint density at radius 1 is 1.82 bits per heavy atom. The Bertz CT molecular complexity index is 149. The van der Waals surface area contributed by atoms with Gasteiger partial charge in [0.05, 0.1) is 6.10 Å². The van der Waals surface area contributed by atoms with Gasteiger partial charge < -0.3 is 10.4 Å². The van der Waals surface area contributed by atoms with Crippen molar-refractivity contribution in [3.63, 3.8) is 0 Å². The third-order valence-electron chi connectivity index (χ3n) is 1.71. The highest BCUT2D eigenvalue weighted by molar-refractivity contribution is 8.00. The molecule has 2 nitrogen and oxygen atoms in total. The van der Waals surface area contributed by atoms with E-state index in [2.05, 4.69) is 11.2 Å². The van der Waals surface area contributed by atoms with Crippen molar-refractivity contribution in [2.45, 2.75) is 17.8 Å². The van der Waals surface area contributed by atoms with Crippen LogP contribution >= 0.6 is 11.8 Å². The van der Waals surface area contributed by atoms with Gasteiger partial charge in [-0.2, -0.15) is 11.8 Å². The van der Waals surface area contributed by atoms with Gasteiger partial charge in [0.2, 0.25) is 0 Å². The molecule has 62 valence electrons. The van der Waals surface area contributed by atoms with Crippen molar-refractivity contribution in [1.82, 2.24) is 5.32 Å². The lowest BCUT2D eigenvalue weighted by atomic mass is 10.2. The van der Waals surface area contributed by atoms with Gasteiger partial charge in [-0.25, -0.2) is 0 Å². The Labute approximate surface area is 71.8 Å². The summed E-state index contributed by atoms with van der Waals surface area (Å²) in [6, 6.07) is 0. The van der Waals surface area contributed by atoms with Crippen molar-refractivity contribution >= 4 is 11.8 Å². The van der Waals surface area contributed by atoms with Gasteiger partial charge in [0.15, 0.2) is 0 Å². The van der Waals surface area contributed by atoms with E-state index in [4.69, 9.17) is 6.42 Å². The quantitative estimate of drug-likeness (QED) is 0.577. The molecule has 3 heteroatoms. The maximum Gasteiger partial charge on any atom is 0.0780 e. The summed E-state index contributed by atoms with van der Waals surface area (Å²) >= 11 is 1.80. The van der Waals surface area contributed by atoms with E-state index >= 15 is 0 Å². The molecule has 0 aromatic rings. The number of hydrogen-bond acceptors (Lipinski definition) is 3. The average molecular weight is 171 g/mol. The van der Waals surface area contributed by atoms with Crippen LogP contribution in [0.2, 0.25) is 0 Å². The van der Waals surface area contributed by atoms with E-state index in [9.17, 15) is 5.11 Å². The molecule has 0 saturated carbocycles. The molecule has 1 aliphatic rings. The summed E-state index contributed by atoms with van der Waals surface area (Å²) < 4.78 is 0. The Morgan fingerprint density at radius 2 is 2.64 bits per heavy atom. The second kappa shape index (κ2) is 4.66. The molecule has 2 atom stereocenters. The number of thioether (sulfide) groups is 1. The van der Waals surface area contributed by atoms with E-state index in [0.717, 1.165) is 18.8 Å². The third kappa shape index (κ3) is 2.74. The predicted octanol–water partition coefficient (Wildman–Crippen LogP) is 0.0756. The smallest absolute Gasteiger partial charge is 0.0780 e. The highest BCUT2D eigenvalue weighted by Crippen LogP contribution is 2.18. The lowest BCUT2D eigenvalue weighted by Gasteiger charge is -2.25. The fourth-order valence-corrected chi connectivity index (χ4v) is 2.20. The fourth-order valence-electron chi connectivity index (χ4n) is 1.09. The minimum absolute atomic E-state index is 0.291. The molecule has 0 bridgehead atoms. The van der Waals surface area contributed by atoms with E-state index in [1.54, 1.807) is 11.8 Å². The molecule has 2 unspecified atom stereocenters. The van der Waals surface area contributed by atoms with Crippen molar-refractivity contribution in [1.29, 1.82) is 0 Å².